The van der Waals surface area contributed by atoms with Gasteiger partial charge in [0.2, 0.25) is 5.91 Å². The zero-order valence-corrected chi connectivity index (χ0v) is 9.53. The third-order valence-electron chi connectivity index (χ3n) is 3.14. The zero-order valence-electron chi connectivity index (χ0n) is 9.53. The Morgan fingerprint density at radius 2 is 2.25 bits per heavy atom. The molecule has 16 heavy (non-hydrogen) atoms. The van der Waals surface area contributed by atoms with E-state index in [4.69, 9.17) is 6.42 Å². The van der Waals surface area contributed by atoms with Gasteiger partial charge < -0.3 is 10.0 Å². The Balaban J connectivity index is 2.71. The third-order valence-corrected chi connectivity index (χ3v) is 3.14. The lowest BCUT2D eigenvalue weighted by molar-refractivity contribution is -0.149. The van der Waals surface area contributed by atoms with Crippen LogP contribution in [0, 0.1) is 17.8 Å². The molecule has 1 amide bonds. The van der Waals surface area contributed by atoms with E-state index in [0.717, 1.165) is 6.42 Å². The normalized spacial score (nSPS) is 24.1. The van der Waals surface area contributed by atoms with Crippen molar-refractivity contribution < 1.29 is 14.7 Å². The Morgan fingerprint density at radius 1 is 1.56 bits per heavy atom. The maximum Gasteiger partial charge on any atom is 0.311 e. The lowest BCUT2D eigenvalue weighted by Gasteiger charge is -2.23. The fourth-order valence-electron chi connectivity index (χ4n) is 2.25. The molecular formula is C12H17NO3. The van der Waals surface area contributed by atoms with Gasteiger partial charge in [-0.05, 0) is 12.8 Å². The lowest BCUT2D eigenvalue weighted by Crippen LogP contribution is -2.36. The van der Waals surface area contributed by atoms with Gasteiger partial charge in [-0.25, -0.2) is 0 Å². The van der Waals surface area contributed by atoms with E-state index < -0.39 is 11.4 Å². The van der Waals surface area contributed by atoms with E-state index in [9.17, 15) is 14.7 Å². The Bertz CT molecular complexity index is 332. The van der Waals surface area contributed by atoms with Crippen LogP contribution in [0.3, 0.4) is 0 Å². The lowest BCUT2D eigenvalue weighted by atomic mass is 9.83. The monoisotopic (exact) mass is 223 g/mol. The number of hydrogen-bond acceptors (Lipinski definition) is 2. The minimum absolute atomic E-state index is 0.0574. The van der Waals surface area contributed by atoms with Crippen LogP contribution in [0.25, 0.3) is 0 Å². The summed E-state index contributed by atoms with van der Waals surface area (Å²) in [5.74, 6) is 1.36. The van der Waals surface area contributed by atoms with E-state index in [0.29, 0.717) is 25.9 Å². The second-order valence-electron chi connectivity index (χ2n) is 4.28. The number of carboxylic acids is 1. The highest BCUT2D eigenvalue weighted by atomic mass is 16.4. The number of likely N-dealkylation sites (tertiary alicyclic amines) is 1. The van der Waals surface area contributed by atoms with E-state index in [-0.39, 0.29) is 12.3 Å². The highest BCUT2D eigenvalue weighted by Crippen LogP contribution is 2.35. The van der Waals surface area contributed by atoms with Gasteiger partial charge in [0, 0.05) is 13.1 Å². The number of hydrogen-bond donors (Lipinski definition) is 1. The molecule has 1 rings (SSSR count). The minimum Gasteiger partial charge on any atom is -0.481 e. The standard InChI is InChI=1S/C12H17NO3/c1-3-5-10(14)13-8-7-12(9-13,6-4-2)11(15)16/h1H,4-9H2,2H3,(H,15,16). The molecule has 88 valence electrons. The number of rotatable bonds is 4. The SMILES string of the molecule is C#CCC(=O)N1CCC(CCC)(C(=O)O)C1. The molecule has 0 bridgehead atoms. The summed E-state index contributed by atoms with van der Waals surface area (Å²) in [4.78, 5) is 24.4. The quantitative estimate of drug-likeness (QED) is 0.726. The number of carbonyl (C=O) groups is 2. The average molecular weight is 223 g/mol. The molecule has 0 radical (unpaired) electrons. The number of terminal acetylenes is 1. The molecule has 1 N–H and O–H groups in total. The van der Waals surface area contributed by atoms with Crippen LogP contribution in [0.5, 0.6) is 0 Å². The van der Waals surface area contributed by atoms with Crippen LogP contribution < -0.4 is 0 Å². The molecule has 1 aliphatic heterocycles. The molecule has 0 aromatic rings. The van der Waals surface area contributed by atoms with Gasteiger partial charge in [0.25, 0.3) is 0 Å². The van der Waals surface area contributed by atoms with E-state index in [2.05, 4.69) is 5.92 Å². The summed E-state index contributed by atoms with van der Waals surface area (Å²) in [6.45, 7) is 2.76. The topological polar surface area (TPSA) is 57.6 Å². The largest absolute Gasteiger partial charge is 0.481 e. The van der Waals surface area contributed by atoms with Gasteiger partial charge in [0.15, 0.2) is 0 Å². The van der Waals surface area contributed by atoms with Crippen molar-refractivity contribution in [2.75, 3.05) is 13.1 Å². The molecule has 0 aromatic heterocycles. The molecule has 0 spiro atoms. The number of carbonyl (C=O) groups excluding carboxylic acids is 1. The fourth-order valence-corrected chi connectivity index (χ4v) is 2.25. The van der Waals surface area contributed by atoms with Crippen LogP contribution in [-0.2, 0) is 9.59 Å². The average Bonchev–Trinajstić information content (AvgIpc) is 2.64. The van der Waals surface area contributed by atoms with Crippen molar-refractivity contribution in [1.29, 1.82) is 0 Å². The summed E-state index contributed by atoms with van der Waals surface area (Å²) in [6, 6.07) is 0. The number of carboxylic acid groups (broad SMARTS) is 1. The van der Waals surface area contributed by atoms with Crippen molar-refractivity contribution in [2.24, 2.45) is 5.41 Å². The predicted octanol–water partition coefficient (Wildman–Crippen LogP) is 1.11. The van der Waals surface area contributed by atoms with Crippen LogP contribution in [-0.4, -0.2) is 35.0 Å². The third kappa shape index (κ3) is 2.35. The number of amides is 1. The van der Waals surface area contributed by atoms with E-state index in [1.807, 2.05) is 6.92 Å². The van der Waals surface area contributed by atoms with Gasteiger partial charge >= 0.3 is 5.97 Å². The molecule has 1 atom stereocenters. The molecule has 0 aliphatic carbocycles. The first kappa shape index (κ1) is 12.6. The Labute approximate surface area is 95.6 Å². The van der Waals surface area contributed by atoms with E-state index in [1.165, 1.54) is 0 Å². The fraction of sp³-hybridized carbons (Fsp3) is 0.667. The molecule has 0 saturated carbocycles. The van der Waals surface area contributed by atoms with Crippen LogP contribution in [0.2, 0.25) is 0 Å². The van der Waals surface area contributed by atoms with Gasteiger partial charge in [-0.2, -0.15) is 0 Å². The van der Waals surface area contributed by atoms with Crippen LogP contribution in [0.1, 0.15) is 32.6 Å². The second-order valence-corrected chi connectivity index (χ2v) is 4.28. The van der Waals surface area contributed by atoms with Crippen molar-refractivity contribution in [3.8, 4) is 12.3 Å². The van der Waals surface area contributed by atoms with Gasteiger partial charge in [0.1, 0.15) is 0 Å². The first-order valence-electron chi connectivity index (χ1n) is 5.50. The van der Waals surface area contributed by atoms with Crippen molar-refractivity contribution in [2.45, 2.75) is 32.6 Å². The Kier molecular flexibility index (Phi) is 3.94. The molecular weight excluding hydrogens is 206 g/mol. The van der Waals surface area contributed by atoms with Crippen molar-refractivity contribution in [3.63, 3.8) is 0 Å². The van der Waals surface area contributed by atoms with Gasteiger partial charge in [-0.3, -0.25) is 9.59 Å². The van der Waals surface area contributed by atoms with Crippen LogP contribution in [0.4, 0.5) is 0 Å². The summed E-state index contributed by atoms with van der Waals surface area (Å²) in [7, 11) is 0. The van der Waals surface area contributed by atoms with Crippen LogP contribution in [0.15, 0.2) is 0 Å². The predicted molar refractivity (Wildman–Crippen MR) is 59.6 cm³/mol. The molecule has 1 heterocycles. The molecule has 1 unspecified atom stereocenters. The molecule has 1 fully saturated rings. The molecule has 4 heteroatoms. The maximum absolute atomic E-state index is 11.6. The highest BCUT2D eigenvalue weighted by Gasteiger charge is 2.45. The maximum atomic E-state index is 11.6. The van der Waals surface area contributed by atoms with Crippen molar-refractivity contribution in [3.05, 3.63) is 0 Å². The second kappa shape index (κ2) is 5.02. The van der Waals surface area contributed by atoms with Crippen LogP contribution >= 0.6 is 0 Å². The molecule has 1 saturated heterocycles. The smallest absolute Gasteiger partial charge is 0.311 e. The number of nitrogens with zero attached hydrogens (tertiary/aromatic N) is 1. The Morgan fingerprint density at radius 3 is 2.75 bits per heavy atom. The molecule has 4 nitrogen and oxygen atoms in total. The van der Waals surface area contributed by atoms with Gasteiger partial charge in [-0.15, -0.1) is 6.42 Å². The van der Waals surface area contributed by atoms with Crippen molar-refractivity contribution >= 4 is 11.9 Å². The first-order valence-corrected chi connectivity index (χ1v) is 5.50. The van der Waals surface area contributed by atoms with Crippen molar-refractivity contribution in [1.82, 2.24) is 4.90 Å². The Hall–Kier alpha value is -1.50. The zero-order chi connectivity index (χ0) is 12.2. The summed E-state index contributed by atoms with van der Waals surface area (Å²) in [5, 5.41) is 9.25. The minimum atomic E-state index is -0.801. The summed E-state index contributed by atoms with van der Waals surface area (Å²) >= 11 is 0. The molecule has 1 aliphatic rings. The highest BCUT2D eigenvalue weighted by molar-refractivity contribution is 5.82. The summed E-state index contributed by atoms with van der Waals surface area (Å²) < 4.78 is 0. The van der Waals surface area contributed by atoms with Gasteiger partial charge in [0.05, 0.1) is 11.8 Å². The molecule has 0 aromatic carbocycles. The van der Waals surface area contributed by atoms with E-state index in [1.54, 1.807) is 4.90 Å². The summed E-state index contributed by atoms with van der Waals surface area (Å²) in [6.07, 6.45) is 7.08. The first-order chi connectivity index (χ1) is 7.55. The summed E-state index contributed by atoms with van der Waals surface area (Å²) in [5.41, 5.74) is -0.751. The van der Waals surface area contributed by atoms with E-state index >= 15 is 0 Å². The number of aliphatic carboxylic acids is 1. The van der Waals surface area contributed by atoms with Gasteiger partial charge in [-0.1, -0.05) is 19.3 Å².